The van der Waals surface area contributed by atoms with Crippen LogP contribution in [0.15, 0.2) is 200 Å². The lowest BCUT2D eigenvalue weighted by Gasteiger charge is -2.29. The number of nitrogens with zero attached hydrogens (tertiary/aromatic N) is 1. The van der Waals surface area contributed by atoms with Gasteiger partial charge in [0.05, 0.1) is 0 Å². The second-order valence-electron chi connectivity index (χ2n) is 16.7. The highest BCUT2D eigenvalue weighted by Crippen LogP contribution is 2.53. The number of nitrogens with two attached hydrogens (primary N) is 1. The van der Waals surface area contributed by atoms with Crippen LogP contribution < -0.4 is 16.0 Å². The first kappa shape index (κ1) is 39.3. The first-order valence-corrected chi connectivity index (χ1v) is 21.0. The molecule has 1 aliphatic rings. The number of allylic oxidation sites excluding steroid dienone is 8. The molecule has 1 aliphatic heterocycles. The zero-order valence-corrected chi connectivity index (χ0v) is 34.8. The fourth-order valence-electron chi connectivity index (χ4n) is 8.93. The Labute approximate surface area is 350 Å². The number of rotatable bonds is 13. The van der Waals surface area contributed by atoms with Crippen LogP contribution in [0.3, 0.4) is 0 Å². The lowest BCUT2D eigenvalue weighted by atomic mass is 9.77. The molecule has 7 aromatic rings. The van der Waals surface area contributed by atoms with E-state index in [4.69, 9.17) is 5.73 Å². The van der Waals surface area contributed by atoms with Crippen molar-refractivity contribution in [3.05, 3.63) is 228 Å². The normalized spacial score (nSPS) is 16.5. The Bertz CT molecular complexity index is 2680. The number of fused-ring (bicyclic) bond motifs is 4. The molecule has 8 rings (SSSR count). The van der Waals surface area contributed by atoms with Gasteiger partial charge in [0.15, 0.2) is 0 Å². The van der Waals surface area contributed by atoms with Crippen molar-refractivity contribution in [3.8, 4) is 0 Å². The van der Waals surface area contributed by atoms with Gasteiger partial charge in [0.25, 0.3) is 0 Å². The molecule has 0 saturated carbocycles. The lowest BCUT2D eigenvalue weighted by molar-refractivity contribution is 0.540. The fraction of sp³-hybridized carbons (Fsp3) is 0.179. The third kappa shape index (κ3) is 8.24. The van der Waals surface area contributed by atoms with E-state index >= 15 is 0 Å². The third-order valence-electron chi connectivity index (χ3n) is 12.2. The van der Waals surface area contributed by atoms with Crippen molar-refractivity contribution in [1.82, 2.24) is 0 Å². The van der Waals surface area contributed by atoms with Gasteiger partial charge in [-0.3, -0.25) is 0 Å². The van der Waals surface area contributed by atoms with E-state index in [1.54, 1.807) is 0 Å². The highest BCUT2D eigenvalue weighted by Gasteiger charge is 2.43. The molecular formula is C56H55N3. The Balaban J connectivity index is 1.12. The number of hydrogen-bond acceptors (Lipinski definition) is 3. The molecule has 0 spiro atoms. The molecule has 0 aromatic heterocycles. The first-order valence-electron chi connectivity index (χ1n) is 21.0. The zero-order chi connectivity index (χ0) is 40.8. The number of nitrogens with one attached hydrogen (secondary N) is 1. The van der Waals surface area contributed by atoms with E-state index in [9.17, 15) is 0 Å². The van der Waals surface area contributed by atoms with Gasteiger partial charge in [-0.25, -0.2) is 0 Å². The summed E-state index contributed by atoms with van der Waals surface area (Å²) in [6, 6.07) is 56.3. The van der Waals surface area contributed by atoms with Crippen LogP contribution in [0.1, 0.15) is 68.4 Å². The van der Waals surface area contributed by atoms with Gasteiger partial charge in [0, 0.05) is 41.3 Å². The van der Waals surface area contributed by atoms with E-state index < -0.39 is 0 Å². The number of benzene rings is 7. The molecular weight excluding hydrogens is 715 g/mol. The van der Waals surface area contributed by atoms with E-state index in [1.165, 1.54) is 60.9 Å². The van der Waals surface area contributed by atoms with Gasteiger partial charge >= 0.3 is 0 Å². The SMILES string of the molecule is CCC1(C)\C(=C/C=C/C(=C/C=C/CC(C)(C)c2c(NCc3ccccc3)ccc3ccccc23)c2ccc(N)cc2)N(Cc2ccccc2)c2ccc3ccccc3c21. The van der Waals surface area contributed by atoms with Gasteiger partial charge in [-0.1, -0.05) is 185 Å². The average molecular weight is 770 g/mol. The van der Waals surface area contributed by atoms with Crippen LogP contribution in [0.25, 0.3) is 27.1 Å². The maximum atomic E-state index is 6.17. The standard InChI is InChI=1S/C56H55N3/c1-5-56(4)52(59(40-42-21-10-7-11-22-42)51-37-33-46-25-13-15-28-49(46)54(51)56)29-18-26-43(44-30-34-47(57)35-31-44)23-16-17-38-55(2,3)53-48-27-14-12-24-45(48)32-36-50(53)58-39-41-19-8-6-9-20-41/h6-37,58H,5,38-40,57H2,1-4H3/b17-16+,26-18+,43-23-,52-29+. The van der Waals surface area contributed by atoms with Crippen molar-refractivity contribution in [2.24, 2.45) is 0 Å². The molecule has 3 heteroatoms. The van der Waals surface area contributed by atoms with E-state index in [2.05, 4.69) is 220 Å². The van der Waals surface area contributed by atoms with E-state index in [0.29, 0.717) is 0 Å². The zero-order valence-electron chi connectivity index (χ0n) is 34.8. The summed E-state index contributed by atoms with van der Waals surface area (Å²) in [5.74, 6) is 0. The largest absolute Gasteiger partial charge is 0.399 e. The van der Waals surface area contributed by atoms with E-state index in [0.717, 1.165) is 42.8 Å². The van der Waals surface area contributed by atoms with Gasteiger partial charge in [0.2, 0.25) is 0 Å². The van der Waals surface area contributed by atoms with Crippen LogP contribution in [-0.4, -0.2) is 0 Å². The van der Waals surface area contributed by atoms with Crippen molar-refractivity contribution >= 4 is 44.2 Å². The smallest absolute Gasteiger partial charge is 0.0479 e. The monoisotopic (exact) mass is 769 g/mol. The Kier molecular flexibility index (Phi) is 11.4. The third-order valence-corrected chi connectivity index (χ3v) is 12.2. The van der Waals surface area contributed by atoms with Crippen molar-refractivity contribution in [1.29, 1.82) is 0 Å². The lowest BCUT2D eigenvalue weighted by Crippen LogP contribution is -2.27. The summed E-state index contributed by atoms with van der Waals surface area (Å²) in [6.45, 7) is 11.0. The van der Waals surface area contributed by atoms with Crippen molar-refractivity contribution in [2.45, 2.75) is 64.5 Å². The van der Waals surface area contributed by atoms with Crippen LogP contribution in [-0.2, 0) is 23.9 Å². The van der Waals surface area contributed by atoms with Gasteiger partial charge in [-0.15, -0.1) is 0 Å². The molecule has 294 valence electrons. The average Bonchev–Trinajstić information content (AvgIpc) is 3.51. The van der Waals surface area contributed by atoms with Crippen LogP contribution in [0, 0.1) is 0 Å². The predicted octanol–water partition coefficient (Wildman–Crippen LogP) is 14.3. The molecule has 1 atom stereocenters. The topological polar surface area (TPSA) is 41.3 Å². The molecule has 0 fully saturated rings. The summed E-state index contributed by atoms with van der Waals surface area (Å²) in [7, 11) is 0. The van der Waals surface area contributed by atoms with Crippen LogP contribution in [0.4, 0.5) is 17.1 Å². The maximum Gasteiger partial charge on any atom is 0.0479 e. The predicted molar refractivity (Wildman–Crippen MR) is 255 cm³/mol. The summed E-state index contributed by atoms with van der Waals surface area (Å²) >= 11 is 0. The molecule has 59 heavy (non-hydrogen) atoms. The van der Waals surface area contributed by atoms with Gasteiger partial charge in [-0.05, 0) is 110 Å². The summed E-state index contributed by atoms with van der Waals surface area (Å²) in [5.41, 5.74) is 18.0. The van der Waals surface area contributed by atoms with E-state index in [-0.39, 0.29) is 10.8 Å². The second-order valence-corrected chi connectivity index (χ2v) is 16.7. The summed E-state index contributed by atoms with van der Waals surface area (Å²) < 4.78 is 0. The number of nitrogen functional groups attached to an aromatic ring is 1. The molecule has 7 aromatic carbocycles. The Morgan fingerprint density at radius 2 is 1.32 bits per heavy atom. The Morgan fingerprint density at radius 1 is 0.695 bits per heavy atom. The second kappa shape index (κ2) is 17.1. The first-order chi connectivity index (χ1) is 28.7. The Hall–Kier alpha value is -6.58. The minimum atomic E-state index is -0.164. The van der Waals surface area contributed by atoms with Gasteiger partial charge in [-0.2, -0.15) is 0 Å². The summed E-state index contributed by atoms with van der Waals surface area (Å²) in [5, 5.41) is 8.95. The summed E-state index contributed by atoms with van der Waals surface area (Å²) in [6.07, 6.45) is 15.5. The van der Waals surface area contributed by atoms with E-state index in [1.807, 2.05) is 12.1 Å². The van der Waals surface area contributed by atoms with Crippen molar-refractivity contribution in [2.75, 3.05) is 16.0 Å². The van der Waals surface area contributed by atoms with Gasteiger partial charge in [0.1, 0.15) is 0 Å². The van der Waals surface area contributed by atoms with Crippen LogP contribution in [0.2, 0.25) is 0 Å². The molecule has 3 N–H and O–H groups in total. The molecule has 1 heterocycles. The quantitative estimate of drug-likeness (QED) is 0.0906. The van der Waals surface area contributed by atoms with Crippen LogP contribution >= 0.6 is 0 Å². The molecule has 0 amide bonds. The Morgan fingerprint density at radius 3 is 2.03 bits per heavy atom. The highest BCUT2D eigenvalue weighted by molar-refractivity contribution is 5.95. The minimum Gasteiger partial charge on any atom is -0.399 e. The summed E-state index contributed by atoms with van der Waals surface area (Å²) in [4.78, 5) is 2.54. The maximum absolute atomic E-state index is 6.17. The molecule has 0 radical (unpaired) electrons. The number of anilines is 3. The fourth-order valence-corrected chi connectivity index (χ4v) is 8.93. The van der Waals surface area contributed by atoms with Crippen LogP contribution in [0.5, 0.6) is 0 Å². The molecule has 3 nitrogen and oxygen atoms in total. The minimum absolute atomic E-state index is 0.139. The molecule has 0 saturated heterocycles. The highest BCUT2D eigenvalue weighted by atomic mass is 15.2. The molecule has 0 bridgehead atoms. The molecule has 1 unspecified atom stereocenters. The van der Waals surface area contributed by atoms with Crippen molar-refractivity contribution in [3.63, 3.8) is 0 Å². The number of hydrogen-bond donors (Lipinski definition) is 2. The van der Waals surface area contributed by atoms with Gasteiger partial charge < -0.3 is 16.0 Å². The van der Waals surface area contributed by atoms with Crippen molar-refractivity contribution < 1.29 is 0 Å². The molecule has 0 aliphatic carbocycles.